The molecule has 0 saturated carbocycles. The summed E-state index contributed by atoms with van der Waals surface area (Å²) < 4.78 is 5.79. The number of nitrogens with one attached hydrogen (secondary N) is 1. The minimum Gasteiger partial charge on any atom is -0.378 e. The summed E-state index contributed by atoms with van der Waals surface area (Å²) in [6, 6.07) is 11.3. The minimum absolute atomic E-state index is 0.456. The summed E-state index contributed by atoms with van der Waals surface area (Å²) >= 11 is 0. The zero-order valence-corrected chi connectivity index (χ0v) is 13.1. The fraction of sp³-hybridized carbons (Fsp3) is 0.667. The maximum absolute atomic E-state index is 5.79. The number of benzene rings is 1. The molecule has 0 bridgehead atoms. The monoisotopic (exact) mass is 275 g/mol. The molecule has 3 unspecified atom stereocenters. The van der Waals surface area contributed by atoms with E-state index >= 15 is 0 Å². The van der Waals surface area contributed by atoms with Crippen molar-refractivity contribution in [3.63, 3.8) is 0 Å². The second-order valence-electron chi connectivity index (χ2n) is 6.37. The van der Waals surface area contributed by atoms with Gasteiger partial charge in [-0.1, -0.05) is 51.1 Å². The molecule has 0 radical (unpaired) electrons. The number of rotatable bonds is 7. The van der Waals surface area contributed by atoms with Gasteiger partial charge in [-0.2, -0.15) is 0 Å². The first kappa shape index (κ1) is 15.5. The van der Waals surface area contributed by atoms with Crippen LogP contribution in [-0.2, 0) is 4.74 Å². The molecule has 1 aromatic carbocycles. The number of hydrogen-bond donors (Lipinski definition) is 1. The molecule has 112 valence electrons. The van der Waals surface area contributed by atoms with Crippen LogP contribution in [0.5, 0.6) is 0 Å². The Morgan fingerprint density at radius 3 is 2.65 bits per heavy atom. The SMILES string of the molecule is CCC1OCCC1CNC(CC(C)C)c1ccccc1. The highest BCUT2D eigenvalue weighted by molar-refractivity contribution is 5.18. The quantitative estimate of drug-likeness (QED) is 0.806. The molecule has 1 N–H and O–H groups in total. The van der Waals surface area contributed by atoms with E-state index in [-0.39, 0.29) is 0 Å². The van der Waals surface area contributed by atoms with Crippen molar-refractivity contribution in [2.75, 3.05) is 13.2 Å². The number of ether oxygens (including phenoxy) is 1. The molecular formula is C18H29NO. The van der Waals surface area contributed by atoms with E-state index in [0.717, 1.165) is 19.6 Å². The molecule has 3 atom stereocenters. The van der Waals surface area contributed by atoms with Crippen molar-refractivity contribution in [1.29, 1.82) is 0 Å². The molecule has 1 saturated heterocycles. The average molecular weight is 275 g/mol. The molecule has 2 heteroatoms. The van der Waals surface area contributed by atoms with Crippen LogP contribution in [0.25, 0.3) is 0 Å². The third kappa shape index (κ3) is 4.32. The Bertz CT molecular complexity index is 376. The van der Waals surface area contributed by atoms with Gasteiger partial charge in [0, 0.05) is 19.2 Å². The fourth-order valence-electron chi connectivity index (χ4n) is 3.17. The highest BCUT2D eigenvalue weighted by Crippen LogP contribution is 2.25. The van der Waals surface area contributed by atoms with Crippen molar-refractivity contribution in [3.05, 3.63) is 35.9 Å². The first-order valence-electron chi connectivity index (χ1n) is 8.10. The van der Waals surface area contributed by atoms with E-state index in [1.165, 1.54) is 18.4 Å². The van der Waals surface area contributed by atoms with Gasteiger partial charge in [0.25, 0.3) is 0 Å². The Labute approximate surface area is 123 Å². The predicted molar refractivity (Wildman–Crippen MR) is 84.8 cm³/mol. The highest BCUT2D eigenvalue weighted by atomic mass is 16.5. The summed E-state index contributed by atoms with van der Waals surface area (Å²) in [6.45, 7) is 8.83. The summed E-state index contributed by atoms with van der Waals surface area (Å²) in [7, 11) is 0. The molecule has 1 aliphatic rings. The van der Waals surface area contributed by atoms with Gasteiger partial charge in [0.05, 0.1) is 6.10 Å². The molecule has 1 aromatic rings. The lowest BCUT2D eigenvalue weighted by Crippen LogP contribution is -2.31. The molecule has 20 heavy (non-hydrogen) atoms. The van der Waals surface area contributed by atoms with Gasteiger partial charge in [-0.3, -0.25) is 0 Å². The summed E-state index contributed by atoms with van der Waals surface area (Å²) in [4.78, 5) is 0. The predicted octanol–water partition coefficient (Wildman–Crippen LogP) is 4.18. The van der Waals surface area contributed by atoms with Crippen LogP contribution in [0.2, 0.25) is 0 Å². The van der Waals surface area contributed by atoms with Gasteiger partial charge in [-0.05, 0) is 36.7 Å². The highest BCUT2D eigenvalue weighted by Gasteiger charge is 2.27. The Kier molecular flexibility index (Phi) is 6.06. The van der Waals surface area contributed by atoms with Crippen LogP contribution in [0.4, 0.5) is 0 Å². The number of hydrogen-bond acceptors (Lipinski definition) is 2. The minimum atomic E-state index is 0.456. The largest absolute Gasteiger partial charge is 0.378 e. The van der Waals surface area contributed by atoms with Crippen LogP contribution in [0, 0.1) is 11.8 Å². The fourth-order valence-corrected chi connectivity index (χ4v) is 3.17. The van der Waals surface area contributed by atoms with Crippen LogP contribution in [0.1, 0.15) is 51.6 Å². The van der Waals surface area contributed by atoms with Crippen molar-refractivity contribution >= 4 is 0 Å². The van der Waals surface area contributed by atoms with Crippen LogP contribution >= 0.6 is 0 Å². The molecule has 1 aliphatic heterocycles. The molecule has 1 heterocycles. The summed E-state index contributed by atoms with van der Waals surface area (Å²) in [6.07, 6.45) is 3.98. The lowest BCUT2D eigenvalue weighted by molar-refractivity contribution is 0.0864. The molecular weight excluding hydrogens is 246 g/mol. The Morgan fingerprint density at radius 1 is 1.25 bits per heavy atom. The van der Waals surface area contributed by atoms with Crippen molar-refractivity contribution in [1.82, 2.24) is 5.32 Å². The first-order chi connectivity index (χ1) is 9.70. The standard InChI is InChI=1S/C18H29NO/c1-4-18-16(10-11-20-18)13-19-17(12-14(2)3)15-8-6-5-7-9-15/h5-9,14,16-19H,4,10-13H2,1-3H3. The van der Waals surface area contributed by atoms with Gasteiger partial charge in [0.1, 0.15) is 0 Å². The molecule has 2 rings (SSSR count). The van der Waals surface area contributed by atoms with Crippen molar-refractivity contribution in [2.45, 2.75) is 52.2 Å². The average Bonchev–Trinajstić information content (AvgIpc) is 2.91. The lowest BCUT2D eigenvalue weighted by atomic mass is 9.94. The van der Waals surface area contributed by atoms with Gasteiger partial charge in [-0.15, -0.1) is 0 Å². The van der Waals surface area contributed by atoms with E-state index < -0.39 is 0 Å². The molecule has 0 spiro atoms. The second kappa shape index (κ2) is 7.80. The van der Waals surface area contributed by atoms with E-state index in [4.69, 9.17) is 4.74 Å². The van der Waals surface area contributed by atoms with Gasteiger partial charge in [-0.25, -0.2) is 0 Å². The zero-order valence-electron chi connectivity index (χ0n) is 13.1. The van der Waals surface area contributed by atoms with Gasteiger partial charge < -0.3 is 10.1 Å². The third-order valence-electron chi connectivity index (χ3n) is 4.28. The molecule has 0 aromatic heterocycles. The smallest absolute Gasteiger partial charge is 0.0613 e. The van der Waals surface area contributed by atoms with Gasteiger partial charge in [0.2, 0.25) is 0 Å². The van der Waals surface area contributed by atoms with Crippen molar-refractivity contribution < 1.29 is 4.74 Å². The van der Waals surface area contributed by atoms with E-state index in [2.05, 4.69) is 56.4 Å². The molecule has 0 amide bonds. The second-order valence-corrected chi connectivity index (χ2v) is 6.37. The van der Waals surface area contributed by atoms with Crippen molar-refractivity contribution in [2.24, 2.45) is 11.8 Å². The van der Waals surface area contributed by atoms with E-state index in [0.29, 0.717) is 24.0 Å². The van der Waals surface area contributed by atoms with Gasteiger partial charge in [0.15, 0.2) is 0 Å². The Hall–Kier alpha value is -0.860. The van der Waals surface area contributed by atoms with Gasteiger partial charge >= 0.3 is 0 Å². The Balaban J connectivity index is 1.94. The summed E-state index contributed by atoms with van der Waals surface area (Å²) in [5.41, 5.74) is 1.41. The topological polar surface area (TPSA) is 21.3 Å². The van der Waals surface area contributed by atoms with Crippen LogP contribution in [-0.4, -0.2) is 19.3 Å². The molecule has 1 fully saturated rings. The zero-order chi connectivity index (χ0) is 14.4. The van der Waals surface area contributed by atoms with E-state index in [1.807, 2.05) is 0 Å². The lowest BCUT2D eigenvalue weighted by Gasteiger charge is -2.25. The molecule has 2 nitrogen and oxygen atoms in total. The third-order valence-corrected chi connectivity index (χ3v) is 4.28. The summed E-state index contributed by atoms with van der Waals surface area (Å²) in [5.74, 6) is 1.38. The van der Waals surface area contributed by atoms with E-state index in [9.17, 15) is 0 Å². The van der Waals surface area contributed by atoms with Crippen molar-refractivity contribution in [3.8, 4) is 0 Å². The normalized spacial score (nSPS) is 24.2. The molecule has 0 aliphatic carbocycles. The maximum atomic E-state index is 5.79. The maximum Gasteiger partial charge on any atom is 0.0613 e. The van der Waals surface area contributed by atoms with E-state index in [1.54, 1.807) is 0 Å². The van der Waals surface area contributed by atoms with Crippen LogP contribution < -0.4 is 5.32 Å². The summed E-state index contributed by atoms with van der Waals surface area (Å²) in [5, 5.41) is 3.79. The van der Waals surface area contributed by atoms with Crippen LogP contribution in [0.3, 0.4) is 0 Å². The first-order valence-corrected chi connectivity index (χ1v) is 8.10. The van der Waals surface area contributed by atoms with Crippen LogP contribution in [0.15, 0.2) is 30.3 Å². The Morgan fingerprint density at radius 2 is 2.00 bits per heavy atom.